The summed E-state index contributed by atoms with van der Waals surface area (Å²) in [5.74, 6) is 1.08. The molecule has 0 atom stereocenters. The quantitative estimate of drug-likeness (QED) is 0.857. The molecule has 0 saturated heterocycles. The lowest BCUT2D eigenvalue weighted by Crippen LogP contribution is -1.90. The van der Waals surface area contributed by atoms with Crippen molar-refractivity contribution in [2.45, 2.75) is 13.8 Å². The van der Waals surface area contributed by atoms with Crippen LogP contribution in [0.3, 0.4) is 0 Å². The number of aromatic amines is 1. The zero-order chi connectivity index (χ0) is 12.4. The Hall–Kier alpha value is -2.28. The highest BCUT2D eigenvalue weighted by Gasteiger charge is 2.13. The fourth-order valence-corrected chi connectivity index (χ4v) is 1.78. The summed E-state index contributed by atoms with van der Waals surface area (Å²) in [4.78, 5) is 7.19. The normalized spacial score (nSPS) is 10.0. The molecule has 4 heteroatoms. The van der Waals surface area contributed by atoms with Gasteiger partial charge in [-0.1, -0.05) is 11.6 Å². The molecule has 0 saturated carbocycles. The van der Waals surface area contributed by atoms with Gasteiger partial charge in [0.1, 0.15) is 11.8 Å². The van der Waals surface area contributed by atoms with Gasteiger partial charge in [-0.3, -0.25) is 0 Å². The Labute approximate surface area is 99.9 Å². The monoisotopic (exact) mass is 227 g/mol. The molecule has 0 amide bonds. The standard InChI is InChI=1S/C13H13N3O/c1-8-4-5-11(17-3)10(6-8)13-9(2)15-12(7-14)16-13/h4-6H,1-3H3,(H,15,16). The molecule has 0 fully saturated rings. The van der Waals surface area contributed by atoms with Crippen molar-refractivity contribution in [2.24, 2.45) is 0 Å². The van der Waals surface area contributed by atoms with E-state index in [1.807, 2.05) is 38.1 Å². The summed E-state index contributed by atoms with van der Waals surface area (Å²) in [6.07, 6.45) is 0. The average Bonchev–Trinajstić information content (AvgIpc) is 2.70. The maximum absolute atomic E-state index is 8.83. The van der Waals surface area contributed by atoms with E-state index in [1.54, 1.807) is 7.11 Å². The van der Waals surface area contributed by atoms with Gasteiger partial charge in [0.25, 0.3) is 0 Å². The minimum Gasteiger partial charge on any atom is -0.496 e. The topological polar surface area (TPSA) is 61.7 Å². The lowest BCUT2D eigenvalue weighted by molar-refractivity contribution is 0.416. The second-order valence-electron chi connectivity index (χ2n) is 3.87. The summed E-state index contributed by atoms with van der Waals surface area (Å²) < 4.78 is 5.32. The van der Waals surface area contributed by atoms with Crippen LogP contribution < -0.4 is 4.74 Å². The number of nitriles is 1. The Bertz CT molecular complexity index is 593. The van der Waals surface area contributed by atoms with Crippen LogP contribution in [0.15, 0.2) is 18.2 Å². The number of rotatable bonds is 2. The maximum atomic E-state index is 8.83. The molecular formula is C13H13N3O. The molecule has 0 radical (unpaired) electrons. The van der Waals surface area contributed by atoms with Gasteiger partial charge >= 0.3 is 0 Å². The summed E-state index contributed by atoms with van der Waals surface area (Å²) in [6, 6.07) is 7.89. The molecule has 86 valence electrons. The smallest absolute Gasteiger partial charge is 0.210 e. The van der Waals surface area contributed by atoms with E-state index in [0.717, 1.165) is 28.3 Å². The highest BCUT2D eigenvalue weighted by atomic mass is 16.5. The van der Waals surface area contributed by atoms with Crippen molar-refractivity contribution in [1.82, 2.24) is 9.97 Å². The molecule has 0 aliphatic rings. The molecule has 1 aromatic heterocycles. The molecule has 0 aliphatic carbocycles. The number of nitrogens with zero attached hydrogens (tertiary/aromatic N) is 2. The van der Waals surface area contributed by atoms with Gasteiger partial charge in [0.15, 0.2) is 0 Å². The molecule has 2 rings (SSSR count). The average molecular weight is 227 g/mol. The van der Waals surface area contributed by atoms with Crippen LogP contribution in [0, 0.1) is 25.2 Å². The number of aromatic nitrogens is 2. The number of methoxy groups -OCH3 is 1. The van der Waals surface area contributed by atoms with Gasteiger partial charge in [-0.2, -0.15) is 5.26 Å². The SMILES string of the molecule is COc1ccc(C)cc1-c1nc(C#N)[nH]c1C. The predicted octanol–water partition coefficient (Wildman–Crippen LogP) is 2.57. The van der Waals surface area contributed by atoms with Crippen LogP contribution in [-0.4, -0.2) is 17.1 Å². The van der Waals surface area contributed by atoms with Crippen molar-refractivity contribution in [3.63, 3.8) is 0 Å². The Morgan fingerprint density at radius 1 is 1.35 bits per heavy atom. The van der Waals surface area contributed by atoms with Gasteiger partial charge in [0.05, 0.1) is 12.8 Å². The first kappa shape index (κ1) is 11.2. The van der Waals surface area contributed by atoms with Crippen LogP contribution in [0.4, 0.5) is 0 Å². The number of imidazole rings is 1. The first-order valence-corrected chi connectivity index (χ1v) is 5.27. The fourth-order valence-electron chi connectivity index (χ4n) is 1.78. The summed E-state index contributed by atoms with van der Waals surface area (Å²) in [7, 11) is 1.63. The van der Waals surface area contributed by atoms with Crippen LogP contribution in [0.5, 0.6) is 5.75 Å². The number of aryl methyl sites for hydroxylation is 2. The van der Waals surface area contributed by atoms with E-state index in [2.05, 4.69) is 9.97 Å². The van der Waals surface area contributed by atoms with E-state index in [-0.39, 0.29) is 0 Å². The first-order valence-electron chi connectivity index (χ1n) is 5.27. The molecule has 0 aliphatic heterocycles. The molecule has 17 heavy (non-hydrogen) atoms. The van der Waals surface area contributed by atoms with E-state index in [0.29, 0.717) is 5.82 Å². The van der Waals surface area contributed by atoms with E-state index in [9.17, 15) is 0 Å². The van der Waals surface area contributed by atoms with Crippen LogP contribution >= 0.6 is 0 Å². The zero-order valence-corrected chi connectivity index (χ0v) is 10.0. The molecule has 4 nitrogen and oxygen atoms in total. The third-order valence-corrected chi connectivity index (χ3v) is 2.60. The predicted molar refractivity (Wildman–Crippen MR) is 64.8 cm³/mol. The second kappa shape index (κ2) is 4.30. The summed E-state index contributed by atoms with van der Waals surface area (Å²) in [6.45, 7) is 3.90. The lowest BCUT2D eigenvalue weighted by atomic mass is 10.1. The molecule has 1 aromatic carbocycles. The van der Waals surface area contributed by atoms with Crippen molar-refractivity contribution in [1.29, 1.82) is 5.26 Å². The van der Waals surface area contributed by atoms with Gasteiger partial charge in [0, 0.05) is 11.3 Å². The van der Waals surface area contributed by atoms with Gasteiger partial charge in [-0.25, -0.2) is 4.98 Å². The molecule has 0 spiro atoms. The van der Waals surface area contributed by atoms with Crippen molar-refractivity contribution >= 4 is 0 Å². The Balaban J connectivity index is 2.63. The fraction of sp³-hybridized carbons (Fsp3) is 0.231. The van der Waals surface area contributed by atoms with E-state index in [4.69, 9.17) is 10.00 Å². The van der Waals surface area contributed by atoms with Crippen LogP contribution in [0.25, 0.3) is 11.3 Å². The van der Waals surface area contributed by atoms with Gasteiger partial charge in [-0.05, 0) is 26.0 Å². The van der Waals surface area contributed by atoms with Crippen LogP contribution in [-0.2, 0) is 0 Å². The van der Waals surface area contributed by atoms with E-state index >= 15 is 0 Å². The number of ether oxygens (including phenoxy) is 1. The van der Waals surface area contributed by atoms with Crippen molar-refractivity contribution in [3.8, 4) is 23.1 Å². The number of benzene rings is 1. The number of nitrogens with one attached hydrogen (secondary N) is 1. The molecule has 1 N–H and O–H groups in total. The molecular weight excluding hydrogens is 214 g/mol. The van der Waals surface area contributed by atoms with Crippen LogP contribution in [0.2, 0.25) is 0 Å². The Kier molecular flexibility index (Phi) is 2.84. The summed E-state index contributed by atoms with van der Waals surface area (Å²) >= 11 is 0. The third kappa shape index (κ3) is 2.00. The summed E-state index contributed by atoms with van der Waals surface area (Å²) in [5, 5.41) is 8.83. The van der Waals surface area contributed by atoms with Gasteiger partial charge in [0.2, 0.25) is 5.82 Å². The lowest BCUT2D eigenvalue weighted by Gasteiger charge is -2.07. The molecule has 1 heterocycles. The van der Waals surface area contributed by atoms with Gasteiger partial charge in [-0.15, -0.1) is 0 Å². The molecule has 2 aromatic rings. The molecule has 0 unspecified atom stereocenters. The first-order chi connectivity index (χ1) is 8.15. The largest absolute Gasteiger partial charge is 0.496 e. The van der Waals surface area contributed by atoms with Crippen molar-refractivity contribution in [3.05, 3.63) is 35.3 Å². The number of H-pyrrole nitrogens is 1. The van der Waals surface area contributed by atoms with E-state index < -0.39 is 0 Å². The Morgan fingerprint density at radius 2 is 2.12 bits per heavy atom. The zero-order valence-electron chi connectivity index (χ0n) is 10.0. The summed E-state index contributed by atoms with van der Waals surface area (Å²) in [5.41, 5.74) is 3.66. The number of hydrogen-bond acceptors (Lipinski definition) is 3. The van der Waals surface area contributed by atoms with Gasteiger partial charge < -0.3 is 9.72 Å². The van der Waals surface area contributed by atoms with Crippen LogP contribution in [0.1, 0.15) is 17.1 Å². The highest BCUT2D eigenvalue weighted by Crippen LogP contribution is 2.31. The number of hydrogen-bond donors (Lipinski definition) is 1. The second-order valence-corrected chi connectivity index (χ2v) is 3.87. The Morgan fingerprint density at radius 3 is 2.71 bits per heavy atom. The van der Waals surface area contributed by atoms with E-state index in [1.165, 1.54) is 0 Å². The minimum atomic E-state index is 0.320. The van der Waals surface area contributed by atoms with Crippen molar-refractivity contribution < 1.29 is 4.74 Å². The minimum absolute atomic E-state index is 0.320. The van der Waals surface area contributed by atoms with Crippen molar-refractivity contribution in [2.75, 3.05) is 7.11 Å². The highest BCUT2D eigenvalue weighted by molar-refractivity contribution is 5.70. The molecule has 0 bridgehead atoms. The maximum Gasteiger partial charge on any atom is 0.210 e. The third-order valence-electron chi connectivity index (χ3n) is 2.60.